The number of hydrogen-bond acceptors (Lipinski definition) is 6. The minimum Gasteiger partial charge on any atom is -0.342 e. The van der Waals surface area contributed by atoms with Crippen LogP contribution >= 0.6 is 11.3 Å². The van der Waals surface area contributed by atoms with Gasteiger partial charge in [-0.2, -0.15) is 0 Å². The first-order valence-electron chi connectivity index (χ1n) is 9.77. The quantitative estimate of drug-likeness (QED) is 0.761. The van der Waals surface area contributed by atoms with E-state index in [1.807, 2.05) is 29.3 Å². The van der Waals surface area contributed by atoms with Crippen molar-refractivity contribution in [1.82, 2.24) is 14.9 Å². The van der Waals surface area contributed by atoms with Gasteiger partial charge in [0.05, 0.1) is 22.1 Å². The molecule has 2 aromatic rings. The van der Waals surface area contributed by atoms with Crippen LogP contribution in [0.3, 0.4) is 0 Å². The van der Waals surface area contributed by atoms with Crippen LogP contribution in [-0.4, -0.2) is 53.8 Å². The number of carbonyl (C=O) groups is 1. The molecule has 150 valence electrons. The number of likely N-dealkylation sites (tertiary alicyclic amines) is 1. The molecule has 6 nitrogen and oxygen atoms in total. The molecule has 2 aliphatic rings. The van der Waals surface area contributed by atoms with Crippen molar-refractivity contribution in [3.8, 4) is 10.6 Å². The van der Waals surface area contributed by atoms with Crippen LogP contribution in [0.5, 0.6) is 0 Å². The van der Waals surface area contributed by atoms with E-state index < -0.39 is 9.84 Å². The molecule has 0 aliphatic carbocycles. The lowest BCUT2D eigenvalue weighted by atomic mass is 9.95. The van der Waals surface area contributed by atoms with Crippen molar-refractivity contribution in [3.05, 3.63) is 35.1 Å². The summed E-state index contributed by atoms with van der Waals surface area (Å²) in [4.78, 5) is 25.2. The van der Waals surface area contributed by atoms with Gasteiger partial charge >= 0.3 is 0 Å². The maximum absolute atomic E-state index is 12.8. The summed E-state index contributed by atoms with van der Waals surface area (Å²) in [5.41, 5.74) is 1.88. The van der Waals surface area contributed by atoms with Crippen LogP contribution in [-0.2, 0) is 14.6 Å². The van der Waals surface area contributed by atoms with Gasteiger partial charge in [-0.1, -0.05) is 6.07 Å². The van der Waals surface area contributed by atoms with E-state index in [2.05, 4.69) is 11.1 Å². The number of aryl methyl sites for hydroxylation is 1. The van der Waals surface area contributed by atoms with E-state index in [1.165, 1.54) is 0 Å². The Kier molecular flexibility index (Phi) is 5.51. The predicted molar refractivity (Wildman–Crippen MR) is 110 cm³/mol. The number of rotatable bonds is 4. The zero-order chi connectivity index (χ0) is 19.7. The zero-order valence-electron chi connectivity index (χ0n) is 16.0. The smallest absolute Gasteiger partial charge is 0.222 e. The second-order valence-corrected chi connectivity index (χ2v) is 11.1. The summed E-state index contributed by atoms with van der Waals surface area (Å²) in [5.74, 6) is 1.35. The van der Waals surface area contributed by atoms with Gasteiger partial charge in [0.2, 0.25) is 5.91 Å². The number of amides is 1. The molecule has 0 N–H and O–H groups in total. The summed E-state index contributed by atoms with van der Waals surface area (Å²) in [7, 11) is -2.95. The molecule has 2 saturated heterocycles. The summed E-state index contributed by atoms with van der Waals surface area (Å²) in [6, 6.07) is 6.07. The van der Waals surface area contributed by atoms with Crippen molar-refractivity contribution in [2.24, 2.45) is 5.92 Å². The highest BCUT2D eigenvalue weighted by molar-refractivity contribution is 7.91. The summed E-state index contributed by atoms with van der Waals surface area (Å²) in [6.07, 6.45) is 2.83. The number of sulfone groups is 1. The van der Waals surface area contributed by atoms with Crippen LogP contribution in [0.25, 0.3) is 10.6 Å². The van der Waals surface area contributed by atoms with Gasteiger partial charge in [0.15, 0.2) is 9.84 Å². The normalized spacial score (nSPS) is 24.4. The lowest BCUT2D eigenvalue weighted by Gasteiger charge is -2.32. The van der Waals surface area contributed by atoms with E-state index >= 15 is 0 Å². The minimum atomic E-state index is -2.95. The molecular weight excluding hydrogens is 394 g/mol. The fourth-order valence-electron chi connectivity index (χ4n) is 4.15. The Labute approximate surface area is 169 Å². The number of hydrogen-bond donors (Lipinski definition) is 0. The molecule has 1 amide bonds. The Morgan fingerprint density at radius 1 is 1.32 bits per heavy atom. The molecule has 2 aliphatic heterocycles. The monoisotopic (exact) mass is 419 g/mol. The Balaban J connectivity index is 1.46. The molecular formula is C20H25N3O3S2. The molecule has 0 aromatic carbocycles. The van der Waals surface area contributed by atoms with Crippen molar-refractivity contribution < 1.29 is 13.2 Å². The fraction of sp³-hybridized carbons (Fsp3) is 0.550. The first-order valence-corrected chi connectivity index (χ1v) is 12.5. The largest absolute Gasteiger partial charge is 0.342 e. The number of carbonyl (C=O) groups excluding carboxylic acids is 1. The van der Waals surface area contributed by atoms with Crippen LogP contribution in [0, 0.1) is 12.8 Å². The van der Waals surface area contributed by atoms with E-state index in [0.717, 1.165) is 41.5 Å². The molecule has 2 atom stereocenters. The average molecular weight is 420 g/mol. The predicted octanol–water partition coefficient (Wildman–Crippen LogP) is 3.04. The Morgan fingerprint density at radius 3 is 2.89 bits per heavy atom. The Hall–Kier alpha value is -1.80. The summed E-state index contributed by atoms with van der Waals surface area (Å²) in [5, 5.41) is 2.04. The Morgan fingerprint density at radius 2 is 2.18 bits per heavy atom. The Bertz CT molecular complexity index is 957. The van der Waals surface area contributed by atoms with E-state index in [4.69, 9.17) is 4.98 Å². The molecule has 0 saturated carbocycles. The lowest BCUT2D eigenvalue weighted by Crippen LogP contribution is -2.40. The van der Waals surface area contributed by atoms with Crippen LogP contribution in [0.1, 0.15) is 43.1 Å². The molecule has 4 rings (SSSR count). The van der Waals surface area contributed by atoms with E-state index in [1.54, 1.807) is 11.3 Å². The average Bonchev–Trinajstić information content (AvgIpc) is 3.31. The van der Waals surface area contributed by atoms with Crippen molar-refractivity contribution >= 4 is 27.1 Å². The van der Waals surface area contributed by atoms with Gasteiger partial charge in [0.25, 0.3) is 0 Å². The van der Waals surface area contributed by atoms with E-state index in [0.29, 0.717) is 19.4 Å². The highest BCUT2D eigenvalue weighted by Gasteiger charge is 2.32. The van der Waals surface area contributed by atoms with Crippen molar-refractivity contribution in [2.45, 2.75) is 38.5 Å². The second kappa shape index (κ2) is 7.91. The van der Waals surface area contributed by atoms with Crippen LogP contribution < -0.4 is 0 Å². The first kappa shape index (κ1) is 19.5. The third-order valence-electron chi connectivity index (χ3n) is 5.57. The van der Waals surface area contributed by atoms with Crippen LogP contribution in [0.2, 0.25) is 0 Å². The molecule has 0 radical (unpaired) electrons. The molecule has 4 heterocycles. The third kappa shape index (κ3) is 4.43. The van der Waals surface area contributed by atoms with Crippen molar-refractivity contribution in [2.75, 3.05) is 24.6 Å². The molecule has 8 heteroatoms. The molecule has 0 bridgehead atoms. The van der Waals surface area contributed by atoms with Gasteiger partial charge in [-0.25, -0.2) is 18.4 Å². The van der Waals surface area contributed by atoms with Gasteiger partial charge in [0, 0.05) is 31.1 Å². The first-order chi connectivity index (χ1) is 13.4. The summed E-state index contributed by atoms with van der Waals surface area (Å²) in [6.45, 7) is 3.33. The highest BCUT2D eigenvalue weighted by atomic mass is 32.2. The van der Waals surface area contributed by atoms with E-state index in [-0.39, 0.29) is 29.2 Å². The lowest BCUT2D eigenvalue weighted by molar-refractivity contribution is -0.133. The molecule has 0 spiro atoms. The van der Waals surface area contributed by atoms with Crippen LogP contribution in [0.15, 0.2) is 23.6 Å². The second-order valence-electron chi connectivity index (χ2n) is 7.88. The SMILES string of the molecule is Cc1cc(-c2cccs2)nc([C@H]2CCCN(C(=O)C[C@@H]3CCS(=O)(=O)C3)C2)n1. The van der Waals surface area contributed by atoms with Gasteiger partial charge in [0.1, 0.15) is 5.82 Å². The van der Waals surface area contributed by atoms with Gasteiger partial charge in [-0.15, -0.1) is 11.3 Å². The van der Waals surface area contributed by atoms with Crippen LogP contribution in [0.4, 0.5) is 0 Å². The molecule has 28 heavy (non-hydrogen) atoms. The standard InChI is InChI=1S/C20H25N3O3S2/c1-14-10-17(18-5-3-8-27-18)22-20(21-14)16-4-2-7-23(12-16)19(24)11-15-6-9-28(25,26)13-15/h3,5,8,10,15-16H,2,4,6-7,9,11-13H2,1H3/t15-,16-/m0/s1. The fourth-order valence-corrected chi connectivity index (χ4v) is 6.70. The summed E-state index contributed by atoms with van der Waals surface area (Å²) < 4.78 is 23.3. The number of aromatic nitrogens is 2. The minimum absolute atomic E-state index is 0.0291. The number of nitrogens with zero attached hydrogens (tertiary/aromatic N) is 3. The van der Waals surface area contributed by atoms with Gasteiger partial charge in [-0.05, 0) is 49.6 Å². The molecule has 2 fully saturated rings. The molecule has 0 unspecified atom stereocenters. The molecule has 2 aromatic heterocycles. The van der Waals surface area contributed by atoms with Crippen molar-refractivity contribution in [1.29, 1.82) is 0 Å². The topological polar surface area (TPSA) is 80.2 Å². The third-order valence-corrected chi connectivity index (χ3v) is 8.30. The maximum Gasteiger partial charge on any atom is 0.222 e. The van der Waals surface area contributed by atoms with Crippen molar-refractivity contribution in [3.63, 3.8) is 0 Å². The summed E-state index contributed by atoms with van der Waals surface area (Å²) >= 11 is 1.66. The van der Waals surface area contributed by atoms with E-state index in [9.17, 15) is 13.2 Å². The number of piperidine rings is 1. The van der Waals surface area contributed by atoms with Gasteiger partial charge < -0.3 is 4.90 Å². The zero-order valence-corrected chi connectivity index (χ0v) is 17.6. The van der Waals surface area contributed by atoms with Gasteiger partial charge in [-0.3, -0.25) is 4.79 Å². The maximum atomic E-state index is 12.8. The number of thiophene rings is 1. The highest BCUT2D eigenvalue weighted by Crippen LogP contribution is 2.30.